The fourth-order valence-corrected chi connectivity index (χ4v) is 2.68. The molecule has 8 nitrogen and oxygen atoms in total. The molecular formula is C21H23ClN2O6. The zero-order valence-corrected chi connectivity index (χ0v) is 17.5. The molecule has 0 bridgehead atoms. The van der Waals surface area contributed by atoms with Gasteiger partial charge >= 0.3 is 5.97 Å². The molecule has 0 heterocycles. The van der Waals surface area contributed by atoms with E-state index in [4.69, 9.17) is 25.8 Å². The van der Waals surface area contributed by atoms with Crippen molar-refractivity contribution in [1.29, 1.82) is 0 Å². The number of rotatable bonds is 10. The molecule has 0 fully saturated rings. The Balaban J connectivity index is 1.69. The lowest BCUT2D eigenvalue weighted by Gasteiger charge is -2.11. The highest BCUT2D eigenvalue weighted by atomic mass is 35.5. The Morgan fingerprint density at radius 3 is 2.43 bits per heavy atom. The van der Waals surface area contributed by atoms with Gasteiger partial charge in [-0.25, -0.2) is 0 Å². The molecule has 2 amide bonds. The molecule has 160 valence electrons. The lowest BCUT2D eigenvalue weighted by atomic mass is 10.2. The van der Waals surface area contributed by atoms with Crippen LogP contribution in [0, 0.1) is 0 Å². The number of methoxy groups -OCH3 is 2. The lowest BCUT2D eigenvalue weighted by Crippen LogP contribution is -2.21. The molecule has 0 aliphatic carbocycles. The topological polar surface area (TPSA) is 103 Å². The predicted molar refractivity (Wildman–Crippen MR) is 113 cm³/mol. The van der Waals surface area contributed by atoms with E-state index in [2.05, 4.69) is 10.6 Å². The van der Waals surface area contributed by atoms with Crippen LogP contribution < -0.4 is 20.1 Å². The van der Waals surface area contributed by atoms with Gasteiger partial charge < -0.3 is 24.8 Å². The van der Waals surface area contributed by atoms with Crippen LogP contribution in [0.1, 0.15) is 19.3 Å². The number of anilines is 2. The summed E-state index contributed by atoms with van der Waals surface area (Å²) in [5, 5.41) is 5.81. The van der Waals surface area contributed by atoms with E-state index in [1.165, 1.54) is 14.2 Å². The molecule has 2 aromatic carbocycles. The van der Waals surface area contributed by atoms with Crippen LogP contribution in [0.3, 0.4) is 0 Å². The molecule has 0 spiro atoms. The van der Waals surface area contributed by atoms with Crippen molar-refractivity contribution in [2.45, 2.75) is 19.3 Å². The van der Waals surface area contributed by atoms with Gasteiger partial charge in [0.25, 0.3) is 5.91 Å². The SMILES string of the molecule is COc1ccc(NC(=O)COC(=O)CCCC(=O)Nc2cccc(Cl)c2)c(OC)c1. The summed E-state index contributed by atoms with van der Waals surface area (Å²) < 4.78 is 15.2. The third kappa shape index (κ3) is 7.63. The van der Waals surface area contributed by atoms with Crippen molar-refractivity contribution in [2.24, 2.45) is 0 Å². The number of esters is 1. The first-order valence-corrected chi connectivity index (χ1v) is 9.52. The second-order valence-electron chi connectivity index (χ2n) is 6.19. The highest BCUT2D eigenvalue weighted by molar-refractivity contribution is 6.30. The van der Waals surface area contributed by atoms with Gasteiger partial charge in [0, 0.05) is 29.6 Å². The summed E-state index contributed by atoms with van der Waals surface area (Å²) in [6, 6.07) is 11.7. The maximum Gasteiger partial charge on any atom is 0.306 e. The Morgan fingerprint density at radius 2 is 1.73 bits per heavy atom. The molecule has 0 radical (unpaired) electrons. The normalized spacial score (nSPS) is 10.1. The van der Waals surface area contributed by atoms with E-state index in [9.17, 15) is 14.4 Å². The molecule has 2 N–H and O–H groups in total. The number of hydrogen-bond donors (Lipinski definition) is 2. The van der Waals surface area contributed by atoms with Crippen molar-refractivity contribution < 1.29 is 28.6 Å². The van der Waals surface area contributed by atoms with Gasteiger partial charge in [0.2, 0.25) is 5.91 Å². The minimum Gasteiger partial charge on any atom is -0.497 e. The zero-order valence-electron chi connectivity index (χ0n) is 16.7. The molecule has 2 rings (SSSR count). The van der Waals surface area contributed by atoms with Crippen LogP contribution in [0.25, 0.3) is 0 Å². The minimum absolute atomic E-state index is 0.0160. The van der Waals surface area contributed by atoms with Crippen molar-refractivity contribution in [3.05, 3.63) is 47.5 Å². The van der Waals surface area contributed by atoms with Gasteiger partial charge in [-0.2, -0.15) is 0 Å². The first kappa shape index (κ1) is 23.0. The molecule has 2 aromatic rings. The van der Waals surface area contributed by atoms with Gasteiger partial charge in [-0.3, -0.25) is 14.4 Å². The number of amides is 2. The van der Waals surface area contributed by atoms with E-state index in [-0.39, 0.29) is 18.7 Å². The Hall–Kier alpha value is -3.26. The van der Waals surface area contributed by atoms with Crippen LogP contribution >= 0.6 is 11.6 Å². The van der Waals surface area contributed by atoms with Crippen LogP contribution in [0.4, 0.5) is 11.4 Å². The summed E-state index contributed by atoms with van der Waals surface area (Å²) in [4.78, 5) is 35.7. The molecular weight excluding hydrogens is 412 g/mol. The molecule has 0 aliphatic rings. The van der Waals surface area contributed by atoms with Crippen molar-refractivity contribution in [3.8, 4) is 11.5 Å². The summed E-state index contributed by atoms with van der Waals surface area (Å²) in [7, 11) is 2.99. The van der Waals surface area contributed by atoms with Crippen LogP contribution in [-0.2, 0) is 19.1 Å². The standard InChI is InChI=1S/C21H23ClN2O6/c1-28-16-9-10-17(18(12-16)29-2)24-20(26)13-30-21(27)8-4-7-19(25)23-15-6-3-5-14(22)11-15/h3,5-6,9-12H,4,7-8,13H2,1-2H3,(H,23,25)(H,24,26). The summed E-state index contributed by atoms with van der Waals surface area (Å²) in [6.45, 7) is -0.442. The smallest absolute Gasteiger partial charge is 0.306 e. The van der Waals surface area contributed by atoms with Crippen molar-refractivity contribution in [2.75, 3.05) is 31.5 Å². The van der Waals surface area contributed by atoms with E-state index in [0.717, 1.165) is 0 Å². The van der Waals surface area contributed by atoms with Gasteiger partial charge in [-0.1, -0.05) is 17.7 Å². The summed E-state index contributed by atoms with van der Waals surface area (Å²) in [5.74, 6) is -0.322. The summed E-state index contributed by atoms with van der Waals surface area (Å²) in [5.41, 5.74) is 1.01. The maximum absolute atomic E-state index is 12.0. The number of nitrogens with one attached hydrogen (secondary N) is 2. The predicted octanol–water partition coefficient (Wildman–Crippen LogP) is 3.65. The fraction of sp³-hybridized carbons (Fsp3) is 0.286. The average Bonchev–Trinajstić information content (AvgIpc) is 2.72. The van der Waals surface area contributed by atoms with Gasteiger partial charge in [-0.15, -0.1) is 0 Å². The first-order chi connectivity index (χ1) is 14.4. The number of ether oxygens (including phenoxy) is 3. The summed E-state index contributed by atoms with van der Waals surface area (Å²) >= 11 is 5.86. The van der Waals surface area contributed by atoms with Crippen LogP contribution in [-0.4, -0.2) is 38.6 Å². The Morgan fingerprint density at radius 1 is 0.933 bits per heavy atom. The number of benzene rings is 2. The van der Waals surface area contributed by atoms with Crippen molar-refractivity contribution in [1.82, 2.24) is 0 Å². The highest BCUT2D eigenvalue weighted by Gasteiger charge is 2.12. The fourth-order valence-electron chi connectivity index (χ4n) is 2.49. The quantitative estimate of drug-likeness (QED) is 0.553. The van der Waals surface area contributed by atoms with Gasteiger partial charge in [0.05, 0.1) is 19.9 Å². The van der Waals surface area contributed by atoms with Gasteiger partial charge in [0.1, 0.15) is 11.5 Å². The Labute approximate surface area is 179 Å². The second kappa shape index (κ2) is 11.7. The Kier molecular flexibility index (Phi) is 8.96. The largest absolute Gasteiger partial charge is 0.497 e. The molecule has 0 unspecified atom stereocenters. The minimum atomic E-state index is -0.567. The van der Waals surface area contributed by atoms with E-state index in [0.29, 0.717) is 34.3 Å². The van der Waals surface area contributed by atoms with Gasteiger partial charge in [-0.05, 0) is 36.8 Å². The zero-order chi connectivity index (χ0) is 21.9. The van der Waals surface area contributed by atoms with E-state index in [1.54, 1.807) is 42.5 Å². The number of carbonyl (C=O) groups is 3. The maximum atomic E-state index is 12.0. The summed E-state index contributed by atoms with van der Waals surface area (Å²) in [6.07, 6.45) is 0.443. The van der Waals surface area contributed by atoms with Crippen LogP contribution in [0.5, 0.6) is 11.5 Å². The molecule has 30 heavy (non-hydrogen) atoms. The number of hydrogen-bond acceptors (Lipinski definition) is 6. The lowest BCUT2D eigenvalue weighted by molar-refractivity contribution is -0.147. The number of halogens is 1. The van der Waals surface area contributed by atoms with Crippen molar-refractivity contribution >= 4 is 40.8 Å². The van der Waals surface area contributed by atoms with Crippen LogP contribution in [0.15, 0.2) is 42.5 Å². The van der Waals surface area contributed by atoms with Gasteiger partial charge in [0.15, 0.2) is 6.61 Å². The number of carbonyl (C=O) groups excluding carboxylic acids is 3. The molecule has 0 saturated heterocycles. The third-order valence-electron chi connectivity index (χ3n) is 3.94. The average molecular weight is 435 g/mol. The molecule has 0 saturated carbocycles. The molecule has 9 heteroatoms. The van der Waals surface area contributed by atoms with E-state index >= 15 is 0 Å². The highest BCUT2D eigenvalue weighted by Crippen LogP contribution is 2.28. The van der Waals surface area contributed by atoms with E-state index in [1.807, 2.05) is 0 Å². The van der Waals surface area contributed by atoms with Crippen LogP contribution in [0.2, 0.25) is 5.02 Å². The monoisotopic (exact) mass is 434 g/mol. The molecule has 0 atom stereocenters. The molecule has 0 aliphatic heterocycles. The third-order valence-corrected chi connectivity index (χ3v) is 4.18. The molecule has 0 aromatic heterocycles. The first-order valence-electron chi connectivity index (χ1n) is 9.14. The Bertz CT molecular complexity index is 903. The van der Waals surface area contributed by atoms with Crippen molar-refractivity contribution in [3.63, 3.8) is 0 Å². The van der Waals surface area contributed by atoms with E-state index < -0.39 is 18.5 Å². The second-order valence-corrected chi connectivity index (χ2v) is 6.62.